The van der Waals surface area contributed by atoms with Crippen LogP contribution in [0.2, 0.25) is 0 Å². The highest BCUT2D eigenvalue weighted by atomic mass is 35.5. The van der Waals surface area contributed by atoms with Crippen LogP contribution < -0.4 is 21.7 Å². The van der Waals surface area contributed by atoms with Gasteiger partial charge in [0.25, 0.3) is 0 Å². The maximum Gasteiger partial charge on any atom is 0.373 e. The summed E-state index contributed by atoms with van der Waals surface area (Å²) in [6.45, 7) is 15.7. The standard InChI is InChI=1S/C15H22ClNO2.C10H19N5O2/c1-5-13-8-6-7-11(2)15(13)17(14(18)9-16)12(3)10-19-4;1-6(2)7-13-15(9(17)14(7)11)8(16)12-10(3,4)5/h6-8,12H,5,9-10H2,1-4H3;6H,11H2,1-5H3,(H,12,16). The van der Waals surface area contributed by atoms with Crippen LogP contribution in [0.25, 0.3) is 0 Å². The molecular weight excluding hydrogens is 484 g/mol. The van der Waals surface area contributed by atoms with Crippen LogP contribution in [0, 0.1) is 6.92 Å². The van der Waals surface area contributed by atoms with Crippen LogP contribution in [0.15, 0.2) is 23.0 Å². The summed E-state index contributed by atoms with van der Waals surface area (Å²) in [5, 5.41) is 6.57. The molecule has 1 atom stereocenters. The molecule has 11 heteroatoms. The first kappa shape index (κ1) is 31.2. The predicted octanol–water partition coefficient (Wildman–Crippen LogP) is 3.40. The van der Waals surface area contributed by atoms with Gasteiger partial charge < -0.3 is 20.8 Å². The summed E-state index contributed by atoms with van der Waals surface area (Å²) in [6, 6.07) is 5.47. The number of nitrogens with two attached hydrogens (primary N) is 1. The van der Waals surface area contributed by atoms with Crippen molar-refractivity contribution in [1.82, 2.24) is 19.8 Å². The van der Waals surface area contributed by atoms with Crippen molar-refractivity contribution in [2.24, 2.45) is 0 Å². The zero-order chi connectivity index (χ0) is 27.8. The predicted molar refractivity (Wildman–Crippen MR) is 145 cm³/mol. The summed E-state index contributed by atoms with van der Waals surface area (Å²) in [4.78, 5) is 37.4. The van der Waals surface area contributed by atoms with E-state index in [1.807, 2.05) is 60.6 Å². The normalized spacial score (nSPS) is 12.1. The Labute approximate surface area is 218 Å². The van der Waals surface area contributed by atoms with Gasteiger partial charge in [0.1, 0.15) is 5.88 Å². The molecule has 0 radical (unpaired) electrons. The lowest BCUT2D eigenvalue weighted by atomic mass is 10.0. The lowest BCUT2D eigenvalue weighted by molar-refractivity contribution is -0.116. The molecule has 10 nitrogen and oxygen atoms in total. The van der Waals surface area contributed by atoms with E-state index in [9.17, 15) is 14.4 Å². The number of benzene rings is 1. The van der Waals surface area contributed by atoms with E-state index in [4.69, 9.17) is 22.2 Å². The second-order valence-electron chi connectivity index (χ2n) is 9.90. The van der Waals surface area contributed by atoms with E-state index in [1.165, 1.54) is 0 Å². The highest BCUT2D eigenvalue weighted by Gasteiger charge is 2.25. The number of ether oxygens (including phenoxy) is 1. The number of alkyl halides is 1. The van der Waals surface area contributed by atoms with Gasteiger partial charge in [0.2, 0.25) is 5.91 Å². The topological polar surface area (TPSA) is 124 Å². The molecule has 1 aromatic carbocycles. The third-order valence-corrected chi connectivity index (χ3v) is 5.43. The van der Waals surface area contributed by atoms with Crippen LogP contribution in [0.1, 0.15) is 71.3 Å². The van der Waals surface area contributed by atoms with Gasteiger partial charge in [0, 0.05) is 18.6 Å². The SMILES string of the molecule is CC(C)c1nn(C(=O)NC(C)(C)C)c(=O)n1N.CCc1cccc(C)c1N(C(=O)CCl)C(C)COC. The van der Waals surface area contributed by atoms with Gasteiger partial charge in [-0.15, -0.1) is 21.4 Å². The van der Waals surface area contributed by atoms with Crippen LogP contribution in [0.5, 0.6) is 0 Å². The minimum Gasteiger partial charge on any atom is -0.383 e. The van der Waals surface area contributed by atoms with Gasteiger partial charge in [-0.1, -0.05) is 39.0 Å². The van der Waals surface area contributed by atoms with E-state index < -0.39 is 17.3 Å². The first-order chi connectivity index (χ1) is 16.7. The third-order valence-electron chi connectivity index (χ3n) is 5.20. The lowest BCUT2D eigenvalue weighted by Crippen LogP contribution is -2.47. The first-order valence-corrected chi connectivity index (χ1v) is 12.5. The zero-order valence-electron chi connectivity index (χ0n) is 22.9. The summed E-state index contributed by atoms with van der Waals surface area (Å²) >= 11 is 5.76. The Morgan fingerprint density at radius 1 is 1.25 bits per heavy atom. The number of nitrogens with zero attached hydrogens (tertiary/aromatic N) is 4. The summed E-state index contributed by atoms with van der Waals surface area (Å²) in [5.74, 6) is 5.78. The average molecular weight is 525 g/mol. The minimum atomic E-state index is -0.643. The van der Waals surface area contributed by atoms with Crippen LogP contribution in [0.4, 0.5) is 10.5 Å². The van der Waals surface area contributed by atoms with Crippen molar-refractivity contribution in [1.29, 1.82) is 0 Å². The number of halogens is 1. The molecule has 1 aromatic heterocycles. The Kier molecular flexibility index (Phi) is 11.7. The van der Waals surface area contributed by atoms with Gasteiger partial charge in [-0.25, -0.2) is 9.59 Å². The Morgan fingerprint density at radius 2 is 1.86 bits per heavy atom. The number of hydrogen-bond acceptors (Lipinski definition) is 6. The number of aromatic nitrogens is 3. The van der Waals surface area contributed by atoms with E-state index in [0.29, 0.717) is 12.4 Å². The highest BCUT2D eigenvalue weighted by Crippen LogP contribution is 2.28. The number of nitrogens with one attached hydrogen (secondary N) is 1. The number of para-hydroxylation sites is 1. The van der Waals surface area contributed by atoms with Crippen LogP contribution >= 0.6 is 11.6 Å². The van der Waals surface area contributed by atoms with Crippen molar-refractivity contribution < 1.29 is 14.3 Å². The van der Waals surface area contributed by atoms with Gasteiger partial charge >= 0.3 is 11.7 Å². The molecule has 1 heterocycles. The highest BCUT2D eigenvalue weighted by molar-refractivity contribution is 6.29. The molecule has 0 aliphatic rings. The summed E-state index contributed by atoms with van der Waals surface area (Å²) < 4.78 is 6.82. The fourth-order valence-electron chi connectivity index (χ4n) is 3.61. The molecule has 202 valence electrons. The monoisotopic (exact) mass is 524 g/mol. The average Bonchev–Trinajstić information content (AvgIpc) is 3.09. The Morgan fingerprint density at radius 3 is 2.31 bits per heavy atom. The fourth-order valence-corrected chi connectivity index (χ4v) is 3.74. The van der Waals surface area contributed by atoms with E-state index >= 15 is 0 Å². The van der Waals surface area contributed by atoms with Crippen LogP contribution in [0.3, 0.4) is 0 Å². The maximum atomic E-state index is 12.2. The summed E-state index contributed by atoms with van der Waals surface area (Å²) in [5.41, 5.74) is 2.13. The summed E-state index contributed by atoms with van der Waals surface area (Å²) in [6.07, 6.45) is 0.878. The molecule has 0 saturated heterocycles. The van der Waals surface area contributed by atoms with Crippen molar-refractivity contribution >= 4 is 29.2 Å². The molecule has 0 bridgehead atoms. The van der Waals surface area contributed by atoms with E-state index in [-0.39, 0.29) is 23.7 Å². The van der Waals surface area contributed by atoms with Crippen LogP contribution in [-0.2, 0) is 16.0 Å². The Balaban J connectivity index is 0.000000362. The van der Waals surface area contributed by atoms with Gasteiger partial charge in [-0.2, -0.15) is 4.68 Å². The number of methoxy groups -OCH3 is 1. The Hall–Kier alpha value is -2.85. The van der Waals surface area contributed by atoms with Gasteiger partial charge in [-0.3, -0.25) is 4.79 Å². The van der Waals surface area contributed by atoms with E-state index in [1.54, 1.807) is 12.0 Å². The number of rotatable bonds is 7. The molecule has 0 aliphatic carbocycles. The van der Waals surface area contributed by atoms with Crippen molar-refractivity contribution in [3.63, 3.8) is 0 Å². The molecule has 2 rings (SSSR count). The molecule has 1 unspecified atom stereocenters. The minimum absolute atomic E-state index is 0.0223. The molecule has 36 heavy (non-hydrogen) atoms. The molecule has 0 aliphatic heterocycles. The molecule has 0 spiro atoms. The molecule has 0 saturated carbocycles. The molecule has 2 aromatic rings. The van der Waals surface area contributed by atoms with Gasteiger partial charge in [0.05, 0.1) is 18.3 Å². The first-order valence-electron chi connectivity index (χ1n) is 11.9. The number of hydrogen-bond donors (Lipinski definition) is 2. The smallest absolute Gasteiger partial charge is 0.373 e. The number of amides is 2. The van der Waals surface area contributed by atoms with Crippen molar-refractivity contribution in [2.75, 3.05) is 30.3 Å². The number of anilines is 1. The van der Waals surface area contributed by atoms with Crippen molar-refractivity contribution in [3.8, 4) is 0 Å². The van der Waals surface area contributed by atoms with Crippen LogP contribution in [-0.4, -0.2) is 57.6 Å². The summed E-state index contributed by atoms with van der Waals surface area (Å²) in [7, 11) is 1.64. The second-order valence-corrected chi connectivity index (χ2v) is 10.2. The second kappa shape index (κ2) is 13.5. The fraction of sp³-hybridized carbons (Fsp3) is 0.600. The molecule has 3 N–H and O–H groups in total. The van der Waals surface area contributed by atoms with Gasteiger partial charge in [0.15, 0.2) is 5.82 Å². The van der Waals surface area contributed by atoms with E-state index in [0.717, 1.165) is 32.6 Å². The number of carbonyl (C=O) groups excluding carboxylic acids is 2. The number of carbonyl (C=O) groups is 2. The Bertz CT molecular complexity index is 1090. The van der Waals surface area contributed by atoms with Gasteiger partial charge in [-0.05, 0) is 52.2 Å². The third kappa shape index (κ3) is 8.09. The molecular formula is C25H41ClN6O4. The quantitative estimate of drug-likeness (QED) is 0.422. The molecule has 0 fully saturated rings. The van der Waals surface area contributed by atoms with Crippen molar-refractivity contribution in [3.05, 3.63) is 45.6 Å². The van der Waals surface area contributed by atoms with E-state index in [2.05, 4.69) is 23.4 Å². The largest absolute Gasteiger partial charge is 0.383 e. The zero-order valence-corrected chi connectivity index (χ0v) is 23.6. The number of aryl methyl sites for hydroxylation is 2. The van der Waals surface area contributed by atoms with Crippen molar-refractivity contribution in [2.45, 2.75) is 79.3 Å². The lowest BCUT2D eigenvalue weighted by Gasteiger charge is -2.31. The number of nitrogen functional groups attached to an aromatic ring is 1. The maximum absolute atomic E-state index is 12.2. The molecule has 2 amide bonds.